The Bertz CT molecular complexity index is 737. The van der Waals surface area contributed by atoms with Gasteiger partial charge in [-0.2, -0.15) is 4.98 Å². The van der Waals surface area contributed by atoms with Crippen molar-refractivity contribution in [2.45, 2.75) is 57.8 Å². The van der Waals surface area contributed by atoms with Crippen molar-refractivity contribution in [1.29, 1.82) is 0 Å². The molecule has 29 heavy (non-hydrogen) atoms. The lowest BCUT2D eigenvalue weighted by Crippen LogP contribution is -2.61. The van der Waals surface area contributed by atoms with Gasteiger partial charge in [0.25, 0.3) is 0 Å². The van der Waals surface area contributed by atoms with Crippen molar-refractivity contribution in [3.05, 3.63) is 11.7 Å². The molecule has 3 fully saturated rings. The molecule has 0 radical (unpaired) electrons. The van der Waals surface area contributed by atoms with Gasteiger partial charge >= 0.3 is 0 Å². The first-order valence-corrected chi connectivity index (χ1v) is 10.9. The molecule has 4 rings (SSSR count). The number of likely N-dealkylation sites (tertiary alicyclic amines) is 2. The number of hydrogen-bond acceptors (Lipinski definition) is 6. The minimum Gasteiger partial charge on any atom is -0.375 e. The minimum atomic E-state index is -0.192. The van der Waals surface area contributed by atoms with Crippen LogP contribution in [0.15, 0.2) is 4.52 Å². The molecule has 160 valence electrons. The summed E-state index contributed by atoms with van der Waals surface area (Å²) in [5.74, 6) is 2.05. The van der Waals surface area contributed by atoms with Gasteiger partial charge in [0.05, 0.1) is 5.92 Å². The molecule has 0 N–H and O–H groups in total. The number of rotatable bonds is 6. The Kier molecular flexibility index (Phi) is 5.90. The summed E-state index contributed by atoms with van der Waals surface area (Å²) in [6.07, 6.45) is 8.14. The van der Waals surface area contributed by atoms with Crippen LogP contribution in [-0.2, 0) is 14.3 Å². The highest BCUT2D eigenvalue weighted by atomic mass is 16.5. The van der Waals surface area contributed by atoms with Crippen molar-refractivity contribution >= 4 is 11.8 Å². The third-order valence-electron chi connectivity index (χ3n) is 6.97. The molecule has 1 aromatic rings. The SMILES string of the molecule is COCC(=O)N1CC(c2nc(C)no2)C2(C1)CN(C(=O)CCC1CCCCC1)C2. The van der Waals surface area contributed by atoms with Crippen molar-refractivity contribution in [3.8, 4) is 0 Å². The molecule has 3 aliphatic rings. The number of nitrogens with zero attached hydrogens (tertiary/aromatic N) is 4. The van der Waals surface area contributed by atoms with Gasteiger partial charge < -0.3 is 19.1 Å². The van der Waals surface area contributed by atoms with E-state index in [1.165, 1.54) is 39.2 Å². The second-order valence-corrected chi connectivity index (χ2v) is 9.09. The van der Waals surface area contributed by atoms with Gasteiger partial charge in [0.15, 0.2) is 5.82 Å². The van der Waals surface area contributed by atoms with Crippen molar-refractivity contribution in [3.63, 3.8) is 0 Å². The van der Waals surface area contributed by atoms with E-state index >= 15 is 0 Å². The lowest BCUT2D eigenvalue weighted by Gasteiger charge is -2.50. The first-order chi connectivity index (χ1) is 14.0. The summed E-state index contributed by atoms with van der Waals surface area (Å²) in [5.41, 5.74) is -0.192. The maximum absolute atomic E-state index is 12.7. The molecule has 0 bridgehead atoms. The Balaban J connectivity index is 1.38. The number of aryl methyl sites for hydroxylation is 1. The number of ether oxygens (including phenoxy) is 1. The van der Waals surface area contributed by atoms with Gasteiger partial charge in [0.2, 0.25) is 17.7 Å². The highest BCUT2D eigenvalue weighted by Gasteiger charge is 2.58. The molecule has 2 saturated heterocycles. The van der Waals surface area contributed by atoms with Crippen LogP contribution in [0.1, 0.15) is 62.6 Å². The quantitative estimate of drug-likeness (QED) is 0.722. The zero-order chi connectivity index (χ0) is 20.4. The maximum atomic E-state index is 12.7. The molecule has 1 spiro atoms. The van der Waals surface area contributed by atoms with E-state index in [2.05, 4.69) is 10.1 Å². The molecule has 2 amide bonds. The molecule has 1 unspecified atom stereocenters. The fourth-order valence-corrected chi connectivity index (χ4v) is 5.34. The predicted octanol–water partition coefficient (Wildman–Crippen LogP) is 2.14. The normalized spacial score (nSPS) is 24.1. The molecule has 8 nitrogen and oxygen atoms in total. The average molecular weight is 405 g/mol. The largest absolute Gasteiger partial charge is 0.375 e. The number of aromatic nitrogens is 2. The Morgan fingerprint density at radius 3 is 2.52 bits per heavy atom. The van der Waals surface area contributed by atoms with Gasteiger partial charge in [-0.15, -0.1) is 0 Å². The summed E-state index contributed by atoms with van der Waals surface area (Å²) in [7, 11) is 1.53. The van der Waals surface area contributed by atoms with Gasteiger partial charge in [0.1, 0.15) is 6.61 Å². The predicted molar refractivity (Wildman–Crippen MR) is 105 cm³/mol. The fraction of sp³-hybridized carbons (Fsp3) is 0.810. The topological polar surface area (TPSA) is 88.8 Å². The van der Waals surface area contributed by atoms with Gasteiger partial charge in [-0.25, -0.2) is 0 Å². The molecular formula is C21H32N4O4. The first-order valence-electron chi connectivity index (χ1n) is 10.9. The average Bonchev–Trinajstić information content (AvgIpc) is 3.30. The summed E-state index contributed by atoms with van der Waals surface area (Å²) in [5, 5.41) is 3.93. The van der Waals surface area contributed by atoms with Crippen molar-refractivity contribution in [2.24, 2.45) is 11.3 Å². The Hall–Kier alpha value is -1.96. The summed E-state index contributed by atoms with van der Waals surface area (Å²) >= 11 is 0. The van der Waals surface area contributed by atoms with Crippen molar-refractivity contribution in [2.75, 3.05) is 39.9 Å². The zero-order valence-electron chi connectivity index (χ0n) is 17.6. The minimum absolute atomic E-state index is 0.0345. The van der Waals surface area contributed by atoms with E-state index < -0.39 is 0 Å². The van der Waals surface area contributed by atoms with Crippen LogP contribution in [-0.4, -0.2) is 71.7 Å². The third-order valence-corrected chi connectivity index (χ3v) is 6.97. The molecule has 3 heterocycles. The van der Waals surface area contributed by atoms with Crippen molar-refractivity contribution in [1.82, 2.24) is 19.9 Å². The van der Waals surface area contributed by atoms with E-state index in [-0.39, 0.29) is 29.8 Å². The molecule has 1 saturated carbocycles. The van der Waals surface area contributed by atoms with Crippen LogP contribution in [0.4, 0.5) is 0 Å². The zero-order valence-corrected chi connectivity index (χ0v) is 17.6. The summed E-state index contributed by atoms with van der Waals surface area (Å²) in [4.78, 5) is 33.3. The molecule has 8 heteroatoms. The van der Waals surface area contributed by atoms with E-state index in [1.54, 1.807) is 6.92 Å². The molecule has 2 aliphatic heterocycles. The smallest absolute Gasteiger partial charge is 0.248 e. The third kappa shape index (κ3) is 4.17. The van der Waals surface area contributed by atoms with Crippen LogP contribution in [0.5, 0.6) is 0 Å². The van der Waals surface area contributed by atoms with E-state index in [0.717, 1.165) is 6.42 Å². The lowest BCUT2D eigenvalue weighted by molar-refractivity contribution is -0.145. The molecule has 0 aromatic carbocycles. The fourth-order valence-electron chi connectivity index (χ4n) is 5.34. The van der Waals surface area contributed by atoms with E-state index in [1.807, 2.05) is 9.80 Å². The van der Waals surface area contributed by atoms with Gasteiger partial charge in [-0.3, -0.25) is 9.59 Å². The molecule has 1 aliphatic carbocycles. The van der Waals surface area contributed by atoms with Crippen LogP contribution >= 0.6 is 0 Å². The lowest BCUT2D eigenvalue weighted by atomic mass is 9.71. The first kappa shape index (κ1) is 20.3. The second kappa shape index (κ2) is 8.42. The van der Waals surface area contributed by atoms with E-state index in [9.17, 15) is 9.59 Å². The summed E-state index contributed by atoms with van der Waals surface area (Å²) in [6, 6.07) is 0. The van der Waals surface area contributed by atoms with Crippen LogP contribution < -0.4 is 0 Å². The summed E-state index contributed by atoms with van der Waals surface area (Å²) in [6.45, 7) is 4.31. The van der Waals surface area contributed by atoms with Gasteiger partial charge in [0, 0.05) is 45.1 Å². The molecule has 1 aromatic heterocycles. The molecular weight excluding hydrogens is 372 g/mol. The number of methoxy groups -OCH3 is 1. The van der Waals surface area contributed by atoms with Crippen LogP contribution in [0, 0.1) is 18.3 Å². The second-order valence-electron chi connectivity index (χ2n) is 9.09. The standard InChI is InChI=1S/C21H32N4O4/c1-15-22-20(29-23-15)17-10-24(19(27)11-28-2)12-21(17)13-25(14-21)18(26)9-8-16-6-4-3-5-7-16/h16-17H,3-14H2,1-2H3. The Labute approximate surface area is 171 Å². The monoisotopic (exact) mass is 404 g/mol. The Morgan fingerprint density at radius 2 is 1.86 bits per heavy atom. The Morgan fingerprint density at radius 1 is 1.14 bits per heavy atom. The van der Waals surface area contributed by atoms with E-state index in [4.69, 9.17) is 9.26 Å². The van der Waals surface area contributed by atoms with E-state index in [0.29, 0.717) is 50.2 Å². The van der Waals surface area contributed by atoms with Crippen LogP contribution in [0.25, 0.3) is 0 Å². The molecule has 1 atom stereocenters. The highest BCUT2D eigenvalue weighted by Crippen LogP contribution is 2.49. The number of carbonyl (C=O) groups excluding carboxylic acids is 2. The van der Waals surface area contributed by atoms with Gasteiger partial charge in [-0.05, 0) is 19.3 Å². The number of carbonyl (C=O) groups is 2. The van der Waals surface area contributed by atoms with Crippen molar-refractivity contribution < 1.29 is 18.8 Å². The number of hydrogen-bond donors (Lipinski definition) is 0. The maximum Gasteiger partial charge on any atom is 0.248 e. The van der Waals surface area contributed by atoms with Gasteiger partial charge in [-0.1, -0.05) is 37.3 Å². The van der Waals surface area contributed by atoms with Crippen LogP contribution in [0.2, 0.25) is 0 Å². The highest BCUT2D eigenvalue weighted by molar-refractivity contribution is 5.79. The summed E-state index contributed by atoms with van der Waals surface area (Å²) < 4.78 is 10.5. The van der Waals surface area contributed by atoms with Crippen LogP contribution in [0.3, 0.4) is 0 Å². The number of amides is 2.